The van der Waals surface area contributed by atoms with Gasteiger partial charge < -0.3 is 5.73 Å². The first kappa shape index (κ1) is 11.4. The van der Waals surface area contributed by atoms with E-state index in [9.17, 15) is 0 Å². The second-order valence-electron chi connectivity index (χ2n) is 3.97. The Hall–Kier alpha value is -1.06. The predicted octanol–water partition coefficient (Wildman–Crippen LogP) is 4.17. The molecule has 84 valence electrons. The van der Waals surface area contributed by atoms with Crippen molar-refractivity contribution in [2.45, 2.75) is 19.8 Å². The van der Waals surface area contributed by atoms with Gasteiger partial charge in [0.05, 0.1) is 10.7 Å². The van der Waals surface area contributed by atoms with Crippen molar-refractivity contribution in [1.82, 2.24) is 4.98 Å². The molecule has 0 fully saturated rings. The molecular formula is C12H13ClN2S. The third-order valence-corrected chi connectivity index (χ3v) is 3.54. The van der Waals surface area contributed by atoms with Crippen molar-refractivity contribution in [3.8, 4) is 10.6 Å². The summed E-state index contributed by atoms with van der Waals surface area (Å²) in [5, 5.41) is 3.69. The van der Waals surface area contributed by atoms with E-state index in [0.29, 0.717) is 16.6 Å². The van der Waals surface area contributed by atoms with Crippen molar-refractivity contribution in [2.75, 3.05) is 5.73 Å². The fraction of sp³-hybridized carbons (Fsp3) is 0.250. The van der Waals surface area contributed by atoms with Crippen LogP contribution in [0.1, 0.15) is 25.5 Å². The van der Waals surface area contributed by atoms with E-state index in [0.717, 1.165) is 16.3 Å². The van der Waals surface area contributed by atoms with Gasteiger partial charge in [-0.2, -0.15) is 0 Å². The minimum absolute atomic E-state index is 0.442. The molecule has 4 heteroatoms. The Labute approximate surface area is 104 Å². The van der Waals surface area contributed by atoms with Gasteiger partial charge in [-0.3, -0.25) is 0 Å². The zero-order valence-corrected chi connectivity index (χ0v) is 10.8. The number of nitrogens with two attached hydrogens (primary N) is 1. The topological polar surface area (TPSA) is 38.9 Å². The quantitative estimate of drug-likeness (QED) is 0.815. The molecule has 0 aliphatic rings. The van der Waals surface area contributed by atoms with Gasteiger partial charge in [-0.25, -0.2) is 4.98 Å². The zero-order chi connectivity index (χ0) is 11.7. The van der Waals surface area contributed by atoms with Crippen LogP contribution in [0.3, 0.4) is 0 Å². The molecule has 0 saturated carbocycles. The standard InChI is InChI=1S/C12H13ClN2S/c1-7(2)11-6-16-12(15-11)9-4-3-8(14)5-10(9)13/h3-7H,14H2,1-2H3. The molecule has 16 heavy (non-hydrogen) atoms. The van der Waals surface area contributed by atoms with Crippen molar-refractivity contribution in [2.24, 2.45) is 0 Å². The summed E-state index contributed by atoms with van der Waals surface area (Å²) in [7, 11) is 0. The van der Waals surface area contributed by atoms with Gasteiger partial charge in [0.25, 0.3) is 0 Å². The second kappa shape index (κ2) is 4.44. The summed E-state index contributed by atoms with van der Waals surface area (Å²) >= 11 is 7.75. The van der Waals surface area contributed by atoms with E-state index in [4.69, 9.17) is 17.3 Å². The summed E-state index contributed by atoms with van der Waals surface area (Å²) in [5.74, 6) is 0.442. The molecule has 2 N–H and O–H groups in total. The van der Waals surface area contributed by atoms with E-state index in [1.807, 2.05) is 12.1 Å². The Morgan fingerprint density at radius 1 is 1.38 bits per heavy atom. The van der Waals surface area contributed by atoms with Crippen LogP contribution in [0.2, 0.25) is 5.02 Å². The van der Waals surface area contributed by atoms with Crippen LogP contribution in [0.5, 0.6) is 0 Å². The molecule has 0 bridgehead atoms. The first-order chi connectivity index (χ1) is 7.58. The van der Waals surface area contributed by atoms with Gasteiger partial charge in [0.2, 0.25) is 0 Å². The van der Waals surface area contributed by atoms with Crippen molar-refractivity contribution < 1.29 is 0 Å². The molecule has 1 heterocycles. The van der Waals surface area contributed by atoms with Crippen molar-refractivity contribution in [3.05, 3.63) is 34.3 Å². The Bertz CT molecular complexity index is 505. The van der Waals surface area contributed by atoms with Crippen LogP contribution in [0.25, 0.3) is 10.6 Å². The lowest BCUT2D eigenvalue weighted by Crippen LogP contribution is -1.88. The van der Waals surface area contributed by atoms with Crippen LogP contribution >= 0.6 is 22.9 Å². The van der Waals surface area contributed by atoms with Crippen molar-refractivity contribution in [1.29, 1.82) is 0 Å². The van der Waals surface area contributed by atoms with E-state index >= 15 is 0 Å². The van der Waals surface area contributed by atoms with Gasteiger partial charge in [-0.1, -0.05) is 25.4 Å². The lowest BCUT2D eigenvalue weighted by molar-refractivity contribution is 0.834. The number of rotatable bonds is 2. The molecule has 2 nitrogen and oxygen atoms in total. The van der Waals surface area contributed by atoms with Crippen LogP contribution in [0.15, 0.2) is 23.6 Å². The fourth-order valence-corrected chi connectivity index (χ4v) is 2.73. The number of aromatic nitrogens is 1. The second-order valence-corrected chi connectivity index (χ2v) is 5.24. The van der Waals surface area contributed by atoms with E-state index in [-0.39, 0.29) is 0 Å². The van der Waals surface area contributed by atoms with Gasteiger partial charge in [0.15, 0.2) is 0 Å². The Morgan fingerprint density at radius 3 is 2.69 bits per heavy atom. The lowest BCUT2D eigenvalue weighted by Gasteiger charge is -2.02. The Morgan fingerprint density at radius 2 is 2.12 bits per heavy atom. The molecule has 0 amide bonds. The van der Waals surface area contributed by atoms with Gasteiger partial charge in [0, 0.05) is 16.6 Å². The summed E-state index contributed by atoms with van der Waals surface area (Å²) in [6, 6.07) is 5.52. The molecule has 2 rings (SSSR count). The van der Waals surface area contributed by atoms with E-state index in [1.54, 1.807) is 17.4 Å². The number of thiazole rings is 1. The summed E-state index contributed by atoms with van der Waals surface area (Å²) in [6.07, 6.45) is 0. The zero-order valence-electron chi connectivity index (χ0n) is 9.20. The third-order valence-electron chi connectivity index (χ3n) is 2.34. The van der Waals surface area contributed by atoms with E-state index < -0.39 is 0 Å². The van der Waals surface area contributed by atoms with Gasteiger partial charge in [0.1, 0.15) is 5.01 Å². The molecule has 0 saturated heterocycles. The molecule has 1 aromatic carbocycles. The summed E-state index contributed by atoms with van der Waals surface area (Å²) in [4.78, 5) is 4.56. The maximum atomic E-state index is 6.14. The lowest BCUT2D eigenvalue weighted by atomic mass is 10.1. The minimum atomic E-state index is 0.442. The number of halogens is 1. The normalized spacial score (nSPS) is 11.0. The summed E-state index contributed by atoms with van der Waals surface area (Å²) in [6.45, 7) is 4.26. The number of nitrogen functional groups attached to an aromatic ring is 1. The van der Waals surface area contributed by atoms with E-state index in [1.165, 1.54) is 0 Å². The minimum Gasteiger partial charge on any atom is -0.399 e. The van der Waals surface area contributed by atoms with E-state index in [2.05, 4.69) is 24.2 Å². The van der Waals surface area contributed by atoms with Crippen LogP contribution in [0, 0.1) is 0 Å². The number of nitrogens with zero attached hydrogens (tertiary/aromatic N) is 1. The first-order valence-electron chi connectivity index (χ1n) is 5.08. The van der Waals surface area contributed by atoms with Crippen LogP contribution < -0.4 is 5.73 Å². The smallest absolute Gasteiger partial charge is 0.125 e. The highest BCUT2D eigenvalue weighted by molar-refractivity contribution is 7.13. The van der Waals surface area contributed by atoms with Gasteiger partial charge >= 0.3 is 0 Å². The Balaban J connectivity index is 2.42. The molecule has 0 atom stereocenters. The molecular weight excluding hydrogens is 240 g/mol. The van der Waals surface area contributed by atoms with Crippen molar-refractivity contribution >= 4 is 28.6 Å². The van der Waals surface area contributed by atoms with Crippen LogP contribution in [-0.4, -0.2) is 4.98 Å². The van der Waals surface area contributed by atoms with Crippen molar-refractivity contribution in [3.63, 3.8) is 0 Å². The molecule has 0 aliphatic carbocycles. The molecule has 0 spiro atoms. The maximum Gasteiger partial charge on any atom is 0.125 e. The third kappa shape index (κ3) is 2.20. The fourth-order valence-electron chi connectivity index (χ4n) is 1.38. The molecule has 1 aromatic heterocycles. The summed E-state index contributed by atoms with van der Waals surface area (Å²) < 4.78 is 0. The first-order valence-corrected chi connectivity index (χ1v) is 6.34. The highest BCUT2D eigenvalue weighted by Gasteiger charge is 2.10. The average molecular weight is 253 g/mol. The average Bonchev–Trinajstić information content (AvgIpc) is 2.66. The van der Waals surface area contributed by atoms with Gasteiger partial charge in [-0.05, 0) is 24.1 Å². The number of benzene rings is 1. The molecule has 0 aliphatic heterocycles. The maximum absolute atomic E-state index is 6.14. The predicted molar refractivity (Wildman–Crippen MR) is 71.1 cm³/mol. The highest BCUT2D eigenvalue weighted by atomic mass is 35.5. The SMILES string of the molecule is CC(C)c1csc(-c2ccc(N)cc2Cl)n1. The number of hydrogen-bond donors (Lipinski definition) is 1. The largest absolute Gasteiger partial charge is 0.399 e. The highest BCUT2D eigenvalue weighted by Crippen LogP contribution is 2.32. The molecule has 0 unspecified atom stereocenters. The number of hydrogen-bond acceptors (Lipinski definition) is 3. The monoisotopic (exact) mass is 252 g/mol. The molecule has 2 aromatic rings. The number of anilines is 1. The molecule has 0 radical (unpaired) electrons. The van der Waals surface area contributed by atoms with Gasteiger partial charge in [-0.15, -0.1) is 11.3 Å². The van der Waals surface area contributed by atoms with Crippen LogP contribution in [-0.2, 0) is 0 Å². The Kier molecular flexibility index (Phi) is 3.17. The summed E-state index contributed by atoms with van der Waals surface area (Å²) in [5.41, 5.74) is 8.39. The van der Waals surface area contributed by atoms with Crippen LogP contribution in [0.4, 0.5) is 5.69 Å².